The lowest BCUT2D eigenvalue weighted by atomic mass is 10.1. The lowest BCUT2D eigenvalue weighted by molar-refractivity contribution is -0.123. The van der Waals surface area contributed by atoms with Crippen molar-refractivity contribution < 1.29 is 18.7 Å². The highest BCUT2D eigenvalue weighted by Gasteiger charge is 2.10. The van der Waals surface area contributed by atoms with E-state index in [4.69, 9.17) is 4.74 Å². The van der Waals surface area contributed by atoms with Crippen molar-refractivity contribution in [2.75, 3.05) is 19.7 Å². The van der Waals surface area contributed by atoms with E-state index in [0.717, 1.165) is 11.1 Å². The van der Waals surface area contributed by atoms with E-state index in [1.165, 1.54) is 18.2 Å². The van der Waals surface area contributed by atoms with Gasteiger partial charge in [0.05, 0.1) is 5.56 Å². The maximum atomic E-state index is 13.5. The van der Waals surface area contributed by atoms with Crippen LogP contribution in [0.2, 0.25) is 0 Å². The van der Waals surface area contributed by atoms with Crippen LogP contribution in [-0.2, 0) is 4.79 Å². The number of aryl methyl sites for hydroxylation is 1. The van der Waals surface area contributed by atoms with Gasteiger partial charge in [0.25, 0.3) is 11.8 Å². The minimum atomic E-state index is -0.578. The molecule has 0 aliphatic heterocycles. The molecule has 0 spiro atoms. The minimum Gasteiger partial charge on any atom is -0.483 e. The zero-order valence-electron chi connectivity index (χ0n) is 14.3. The summed E-state index contributed by atoms with van der Waals surface area (Å²) in [5.41, 5.74) is 2.06. The van der Waals surface area contributed by atoms with Gasteiger partial charge in [-0.1, -0.05) is 24.3 Å². The van der Waals surface area contributed by atoms with E-state index in [1.54, 1.807) is 6.07 Å². The molecule has 0 bridgehead atoms. The molecule has 132 valence electrons. The number of amides is 2. The summed E-state index contributed by atoms with van der Waals surface area (Å²) in [6, 6.07) is 11.4. The average Bonchev–Trinajstić information content (AvgIpc) is 2.60. The molecule has 25 heavy (non-hydrogen) atoms. The molecule has 0 saturated heterocycles. The minimum absolute atomic E-state index is 0.0212. The first kappa shape index (κ1) is 18.4. The number of ether oxygens (including phenoxy) is 1. The van der Waals surface area contributed by atoms with E-state index in [2.05, 4.69) is 10.6 Å². The van der Waals surface area contributed by atoms with Gasteiger partial charge >= 0.3 is 0 Å². The molecule has 2 amide bonds. The number of hydrogen-bond acceptors (Lipinski definition) is 3. The van der Waals surface area contributed by atoms with Crippen molar-refractivity contribution >= 4 is 11.8 Å². The fourth-order valence-corrected chi connectivity index (χ4v) is 2.19. The monoisotopic (exact) mass is 344 g/mol. The Bertz CT molecular complexity index is 762. The summed E-state index contributed by atoms with van der Waals surface area (Å²) < 4.78 is 18.9. The summed E-state index contributed by atoms with van der Waals surface area (Å²) in [4.78, 5) is 23.6. The molecular formula is C19H21FN2O3. The van der Waals surface area contributed by atoms with Crippen molar-refractivity contribution in [3.63, 3.8) is 0 Å². The van der Waals surface area contributed by atoms with Gasteiger partial charge in [0.1, 0.15) is 11.6 Å². The van der Waals surface area contributed by atoms with E-state index in [9.17, 15) is 14.0 Å². The molecular weight excluding hydrogens is 323 g/mol. The Hall–Kier alpha value is -2.89. The number of nitrogens with one attached hydrogen (secondary N) is 2. The third kappa shape index (κ3) is 5.31. The van der Waals surface area contributed by atoms with E-state index < -0.39 is 11.7 Å². The van der Waals surface area contributed by atoms with E-state index in [-0.39, 0.29) is 31.2 Å². The Morgan fingerprint density at radius 3 is 2.48 bits per heavy atom. The highest BCUT2D eigenvalue weighted by molar-refractivity contribution is 5.94. The summed E-state index contributed by atoms with van der Waals surface area (Å²) in [5.74, 6) is -0.714. The fourth-order valence-electron chi connectivity index (χ4n) is 2.19. The highest BCUT2D eigenvalue weighted by atomic mass is 19.1. The SMILES string of the molecule is Cc1cccc(OCC(=O)NCCNC(=O)c2ccccc2F)c1C. The van der Waals surface area contributed by atoms with E-state index in [1.807, 2.05) is 32.0 Å². The number of halogens is 1. The lowest BCUT2D eigenvalue weighted by Gasteiger charge is -2.11. The van der Waals surface area contributed by atoms with Crippen molar-refractivity contribution in [1.29, 1.82) is 0 Å². The third-order valence-electron chi connectivity index (χ3n) is 3.76. The van der Waals surface area contributed by atoms with Gasteiger partial charge in [0.15, 0.2) is 6.61 Å². The average molecular weight is 344 g/mol. The predicted molar refractivity (Wildman–Crippen MR) is 93.2 cm³/mol. The second-order valence-corrected chi connectivity index (χ2v) is 5.57. The number of benzene rings is 2. The number of carbonyl (C=O) groups is 2. The molecule has 0 fully saturated rings. The summed E-state index contributed by atoms with van der Waals surface area (Å²) >= 11 is 0. The molecule has 0 radical (unpaired) electrons. The highest BCUT2D eigenvalue weighted by Crippen LogP contribution is 2.20. The molecule has 2 aromatic rings. The van der Waals surface area contributed by atoms with Crippen LogP contribution in [0.15, 0.2) is 42.5 Å². The van der Waals surface area contributed by atoms with E-state index >= 15 is 0 Å². The van der Waals surface area contributed by atoms with Crippen LogP contribution in [0.1, 0.15) is 21.5 Å². The van der Waals surface area contributed by atoms with Crippen LogP contribution in [0.5, 0.6) is 5.75 Å². The largest absolute Gasteiger partial charge is 0.483 e. The normalized spacial score (nSPS) is 10.2. The maximum Gasteiger partial charge on any atom is 0.258 e. The van der Waals surface area contributed by atoms with Crippen LogP contribution >= 0.6 is 0 Å². The van der Waals surface area contributed by atoms with Gasteiger partial charge in [0.2, 0.25) is 0 Å². The smallest absolute Gasteiger partial charge is 0.258 e. The van der Waals surface area contributed by atoms with Crippen molar-refractivity contribution in [3.05, 3.63) is 65.0 Å². The van der Waals surface area contributed by atoms with Crippen molar-refractivity contribution in [1.82, 2.24) is 10.6 Å². The van der Waals surface area contributed by atoms with Crippen LogP contribution in [0.25, 0.3) is 0 Å². The topological polar surface area (TPSA) is 67.4 Å². The van der Waals surface area contributed by atoms with Crippen LogP contribution < -0.4 is 15.4 Å². The quantitative estimate of drug-likeness (QED) is 0.758. The second kappa shape index (κ2) is 8.82. The van der Waals surface area contributed by atoms with Crippen LogP contribution in [0, 0.1) is 19.7 Å². The molecule has 0 saturated carbocycles. The molecule has 0 atom stereocenters. The van der Waals surface area contributed by atoms with Crippen molar-refractivity contribution in [2.45, 2.75) is 13.8 Å². The van der Waals surface area contributed by atoms with Gasteiger partial charge in [-0.15, -0.1) is 0 Å². The molecule has 2 aromatic carbocycles. The molecule has 0 aliphatic rings. The summed E-state index contributed by atoms with van der Waals surface area (Å²) in [6.45, 7) is 4.23. The Morgan fingerprint density at radius 2 is 1.72 bits per heavy atom. The first-order chi connectivity index (χ1) is 12.0. The summed E-state index contributed by atoms with van der Waals surface area (Å²) in [6.07, 6.45) is 0. The van der Waals surface area contributed by atoms with Crippen molar-refractivity contribution in [2.24, 2.45) is 0 Å². The van der Waals surface area contributed by atoms with Crippen LogP contribution in [0.3, 0.4) is 0 Å². The lowest BCUT2D eigenvalue weighted by Crippen LogP contribution is -2.37. The zero-order valence-corrected chi connectivity index (χ0v) is 14.3. The number of carbonyl (C=O) groups excluding carboxylic acids is 2. The van der Waals surface area contributed by atoms with Gasteiger partial charge in [-0.3, -0.25) is 9.59 Å². The molecule has 0 aliphatic carbocycles. The molecule has 0 heterocycles. The van der Waals surface area contributed by atoms with Crippen LogP contribution in [-0.4, -0.2) is 31.5 Å². The zero-order chi connectivity index (χ0) is 18.2. The van der Waals surface area contributed by atoms with Gasteiger partial charge in [-0.05, 0) is 43.2 Å². The fraction of sp³-hybridized carbons (Fsp3) is 0.263. The van der Waals surface area contributed by atoms with Gasteiger partial charge in [-0.2, -0.15) is 0 Å². The third-order valence-corrected chi connectivity index (χ3v) is 3.76. The summed E-state index contributed by atoms with van der Waals surface area (Å²) in [5, 5.41) is 5.19. The number of hydrogen-bond donors (Lipinski definition) is 2. The molecule has 2 rings (SSSR count). The summed E-state index contributed by atoms with van der Waals surface area (Å²) in [7, 11) is 0. The second-order valence-electron chi connectivity index (χ2n) is 5.57. The molecule has 6 heteroatoms. The van der Waals surface area contributed by atoms with Gasteiger partial charge in [0, 0.05) is 13.1 Å². The predicted octanol–water partition coefficient (Wildman–Crippen LogP) is 2.37. The molecule has 2 N–H and O–H groups in total. The first-order valence-electron chi connectivity index (χ1n) is 7.97. The Balaban J connectivity index is 1.70. The molecule has 5 nitrogen and oxygen atoms in total. The Kier molecular flexibility index (Phi) is 6.51. The van der Waals surface area contributed by atoms with Crippen LogP contribution in [0.4, 0.5) is 4.39 Å². The number of rotatable bonds is 7. The molecule has 0 unspecified atom stereocenters. The van der Waals surface area contributed by atoms with Gasteiger partial charge < -0.3 is 15.4 Å². The maximum absolute atomic E-state index is 13.5. The standard InChI is InChI=1S/C19H21FN2O3/c1-13-6-5-9-17(14(13)2)25-12-18(23)21-10-11-22-19(24)15-7-3-4-8-16(15)20/h3-9H,10-12H2,1-2H3,(H,21,23)(H,22,24). The van der Waals surface area contributed by atoms with Crippen molar-refractivity contribution in [3.8, 4) is 5.75 Å². The van der Waals surface area contributed by atoms with Gasteiger partial charge in [-0.25, -0.2) is 4.39 Å². The first-order valence-corrected chi connectivity index (χ1v) is 7.97. The Labute approximate surface area is 146 Å². The van der Waals surface area contributed by atoms with E-state index in [0.29, 0.717) is 5.75 Å². The molecule has 0 aromatic heterocycles. The Morgan fingerprint density at radius 1 is 1.00 bits per heavy atom.